The maximum atomic E-state index is 14.0. The van der Waals surface area contributed by atoms with Gasteiger partial charge in [-0.2, -0.15) is 0 Å². The molecule has 0 aromatic heterocycles. The van der Waals surface area contributed by atoms with Crippen LogP contribution in [0.2, 0.25) is 5.02 Å². The van der Waals surface area contributed by atoms with Crippen molar-refractivity contribution < 1.29 is 19.1 Å². The molecule has 3 heterocycles. The molecule has 0 spiro atoms. The highest BCUT2D eigenvalue weighted by molar-refractivity contribution is 6.30. The van der Waals surface area contributed by atoms with Gasteiger partial charge in [0.2, 0.25) is 18.6 Å². The van der Waals surface area contributed by atoms with Crippen molar-refractivity contribution in [3.63, 3.8) is 0 Å². The predicted molar refractivity (Wildman–Crippen MR) is 155 cm³/mol. The smallest absolute Gasteiger partial charge is 0.231 e. The van der Waals surface area contributed by atoms with Gasteiger partial charge >= 0.3 is 0 Å². The maximum Gasteiger partial charge on any atom is 0.231 e. The van der Waals surface area contributed by atoms with Crippen molar-refractivity contribution in [2.75, 3.05) is 24.8 Å². The van der Waals surface area contributed by atoms with Crippen LogP contribution in [-0.2, 0) is 29.1 Å². The van der Waals surface area contributed by atoms with Crippen LogP contribution in [0.25, 0.3) is 0 Å². The summed E-state index contributed by atoms with van der Waals surface area (Å²) in [5, 5.41) is 0.722. The van der Waals surface area contributed by atoms with Gasteiger partial charge in [-0.05, 0) is 66.3 Å². The van der Waals surface area contributed by atoms with E-state index in [1.165, 1.54) is 5.56 Å². The number of fused-ring (bicyclic) bond motifs is 4. The molecule has 2 bridgehead atoms. The number of hydrogen-bond acceptors (Lipinski definition) is 5. The van der Waals surface area contributed by atoms with Crippen LogP contribution in [0.4, 0.5) is 5.69 Å². The highest BCUT2D eigenvalue weighted by atomic mass is 35.5. The van der Waals surface area contributed by atoms with Crippen molar-refractivity contribution in [3.05, 3.63) is 88.4 Å². The summed E-state index contributed by atoms with van der Waals surface area (Å²) >= 11 is 6.16. The fraction of sp³-hybridized carbons (Fsp3) is 0.375. The van der Waals surface area contributed by atoms with E-state index in [0.717, 1.165) is 47.6 Å². The molecule has 0 unspecified atom stereocenters. The van der Waals surface area contributed by atoms with E-state index >= 15 is 0 Å². The van der Waals surface area contributed by atoms with E-state index in [0.29, 0.717) is 37.2 Å². The van der Waals surface area contributed by atoms with E-state index in [2.05, 4.69) is 17.0 Å². The standard InChI is InChI=1S/C32H34ClN3O4/c1-22(37)35-15-14-27-11-12-28(36(27)18-23-6-9-26(33)10-7-23)20-34(19-25-4-2-3-5-29(25)35)32(38)17-24-8-13-30-31(16-24)40-21-39-30/h2-10,13,16,27-28H,11-12,14-15,17-21H2,1H3/t27-,28+/m1/s1. The van der Waals surface area contributed by atoms with Crippen LogP contribution in [0.1, 0.15) is 42.9 Å². The number of halogens is 1. The summed E-state index contributed by atoms with van der Waals surface area (Å²) in [6.45, 7) is 4.33. The maximum absolute atomic E-state index is 14.0. The molecule has 2 amide bonds. The topological polar surface area (TPSA) is 62.3 Å². The summed E-state index contributed by atoms with van der Waals surface area (Å²) in [5.41, 5.74) is 3.96. The van der Waals surface area contributed by atoms with Crippen LogP contribution in [-0.4, -0.2) is 53.6 Å². The first-order valence-corrected chi connectivity index (χ1v) is 14.3. The van der Waals surface area contributed by atoms with Crippen LogP contribution >= 0.6 is 11.6 Å². The Morgan fingerprint density at radius 1 is 0.900 bits per heavy atom. The van der Waals surface area contributed by atoms with Crippen molar-refractivity contribution in [1.82, 2.24) is 9.80 Å². The van der Waals surface area contributed by atoms with Gasteiger partial charge in [0.1, 0.15) is 0 Å². The fourth-order valence-electron chi connectivity index (χ4n) is 6.27. The lowest BCUT2D eigenvalue weighted by Crippen LogP contribution is -2.45. The molecule has 1 saturated heterocycles. The van der Waals surface area contributed by atoms with Crippen LogP contribution in [0.3, 0.4) is 0 Å². The van der Waals surface area contributed by atoms with Crippen LogP contribution in [0.15, 0.2) is 66.7 Å². The number of carbonyl (C=O) groups is 2. The van der Waals surface area contributed by atoms with Gasteiger partial charge in [0, 0.05) is 55.9 Å². The van der Waals surface area contributed by atoms with Crippen molar-refractivity contribution in [2.45, 2.75) is 57.8 Å². The minimum atomic E-state index is 0.0173. The van der Waals surface area contributed by atoms with Gasteiger partial charge < -0.3 is 19.3 Å². The summed E-state index contributed by atoms with van der Waals surface area (Å²) in [6.07, 6.45) is 3.19. The van der Waals surface area contributed by atoms with Crippen molar-refractivity contribution >= 4 is 29.1 Å². The largest absolute Gasteiger partial charge is 0.454 e. The van der Waals surface area contributed by atoms with Crippen molar-refractivity contribution in [2.24, 2.45) is 0 Å². The van der Waals surface area contributed by atoms with E-state index < -0.39 is 0 Å². The predicted octanol–water partition coefficient (Wildman–Crippen LogP) is 5.43. The highest BCUT2D eigenvalue weighted by Gasteiger charge is 2.36. The van der Waals surface area contributed by atoms with E-state index in [-0.39, 0.29) is 31.1 Å². The minimum Gasteiger partial charge on any atom is -0.454 e. The SMILES string of the molecule is CC(=O)N1CC[C@H]2CC[C@@H](CN(C(=O)Cc3ccc4c(c3)OCO4)Cc3ccccc31)N2Cc1ccc(Cl)cc1. The number of hydrogen-bond donors (Lipinski definition) is 0. The van der Waals surface area contributed by atoms with Gasteiger partial charge in [-0.3, -0.25) is 14.5 Å². The molecular weight excluding hydrogens is 526 g/mol. The second-order valence-electron chi connectivity index (χ2n) is 10.9. The fourth-order valence-corrected chi connectivity index (χ4v) is 6.39. The molecule has 3 aromatic carbocycles. The van der Waals surface area contributed by atoms with Gasteiger partial charge in [-0.15, -0.1) is 0 Å². The number of ether oxygens (including phenoxy) is 2. The number of rotatable bonds is 4. The van der Waals surface area contributed by atoms with Gasteiger partial charge in [0.15, 0.2) is 11.5 Å². The number of anilines is 1. The molecule has 6 rings (SSSR count). The van der Waals surface area contributed by atoms with E-state index in [4.69, 9.17) is 21.1 Å². The van der Waals surface area contributed by atoms with Gasteiger partial charge in [0.25, 0.3) is 0 Å². The summed E-state index contributed by atoms with van der Waals surface area (Å²) in [4.78, 5) is 33.2. The second-order valence-corrected chi connectivity index (χ2v) is 11.3. The molecule has 8 heteroatoms. The second kappa shape index (κ2) is 11.5. The zero-order valence-electron chi connectivity index (χ0n) is 22.7. The highest BCUT2D eigenvalue weighted by Crippen LogP contribution is 2.35. The Labute approximate surface area is 240 Å². The number of benzene rings is 3. The lowest BCUT2D eigenvalue weighted by atomic mass is 10.1. The third kappa shape index (κ3) is 5.67. The lowest BCUT2D eigenvalue weighted by molar-refractivity contribution is -0.132. The number of carbonyl (C=O) groups excluding carboxylic acids is 2. The normalized spacial score (nSPS) is 20.6. The molecule has 7 nitrogen and oxygen atoms in total. The van der Waals surface area contributed by atoms with E-state index in [9.17, 15) is 9.59 Å². The first-order chi connectivity index (χ1) is 19.4. The molecule has 0 saturated carbocycles. The Hall–Kier alpha value is -3.55. The minimum absolute atomic E-state index is 0.0173. The van der Waals surface area contributed by atoms with Crippen LogP contribution in [0.5, 0.6) is 11.5 Å². The molecule has 1 fully saturated rings. The third-order valence-corrected chi connectivity index (χ3v) is 8.59. The Balaban J connectivity index is 1.32. The summed E-state index contributed by atoms with van der Waals surface area (Å²) < 4.78 is 11.0. The molecule has 0 radical (unpaired) electrons. The molecule has 208 valence electrons. The first-order valence-electron chi connectivity index (χ1n) is 14.0. The zero-order valence-corrected chi connectivity index (χ0v) is 23.5. The molecule has 3 aliphatic heterocycles. The Kier molecular flexibility index (Phi) is 7.67. The Morgan fingerprint density at radius 2 is 1.65 bits per heavy atom. The molecule has 2 atom stereocenters. The summed E-state index contributed by atoms with van der Waals surface area (Å²) in [6, 6.07) is 22.2. The summed E-state index contributed by atoms with van der Waals surface area (Å²) in [5.74, 6) is 1.46. The number of amides is 2. The zero-order chi connectivity index (χ0) is 27.6. The van der Waals surface area contributed by atoms with E-state index in [1.54, 1.807) is 6.92 Å². The third-order valence-electron chi connectivity index (χ3n) is 8.34. The Bertz CT molecular complexity index is 1400. The molecule has 40 heavy (non-hydrogen) atoms. The molecule has 3 aromatic rings. The molecule has 0 aliphatic carbocycles. The molecular formula is C32H34ClN3O4. The van der Waals surface area contributed by atoms with Crippen LogP contribution in [0, 0.1) is 0 Å². The molecule has 3 aliphatic rings. The average molecular weight is 560 g/mol. The first kappa shape index (κ1) is 26.7. The number of nitrogens with zero attached hydrogens (tertiary/aromatic N) is 3. The van der Waals surface area contributed by atoms with Gasteiger partial charge in [-0.1, -0.05) is 48.0 Å². The van der Waals surface area contributed by atoms with Crippen LogP contribution < -0.4 is 14.4 Å². The monoisotopic (exact) mass is 559 g/mol. The van der Waals surface area contributed by atoms with Gasteiger partial charge in [-0.25, -0.2) is 0 Å². The quantitative estimate of drug-likeness (QED) is 0.426. The lowest BCUT2D eigenvalue weighted by Gasteiger charge is -2.34. The summed E-state index contributed by atoms with van der Waals surface area (Å²) in [7, 11) is 0. The van der Waals surface area contributed by atoms with Gasteiger partial charge in [0.05, 0.1) is 6.42 Å². The van der Waals surface area contributed by atoms with E-state index in [1.807, 2.05) is 64.4 Å². The molecule has 0 N–H and O–H groups in total. The number of para-hydroxylation sites is 1. The average Bonchev–Trinajstić information content (AvgIpc) is 3.56. The Morgan fingerprint density at radius 3 is 2.48 bits per heavy atom. The van der Waals surface area contributed by atoms with Crippen molar-refractivity contribution in [1.29, 1.82) is 0 Å². The van der Waals surface area contributed by atoms with Crippen molar-refractivity contribution in [3.8, 4) is 11.5 Å².